The number of hydrogen-bond donors (Lipinski definition) is 0. The van der Waals surface area contributed by atoms with Crippen molar-refractivity contribution in [1.29, 1.82) is 0 Å². The van der Waals surface area contributed by atoms with Crippen LogP contribution in [0, 0.1) is 13.8 Å². The minimum absolute atomic E-state index is 0.569. The van der Waals surface area contributed by atoms with E-state index in [1.54, 1.807) is 0 Å². The van der Waals surface area contributed by atoms with E-state index in [2.05, 4.69) is 4.98 Å². The van der Waals surface area contributed by atoms with Crippen molar-refractivity contribution in [1.82, 2.24) is 9.38 Å². The second-order valence-corrected chi connectivity index (χ2v) is 5.20. The summed E-state index contributed by atoms with van der Waals surface area (Å²) in [6.07, 6.45) is 0.853. The van der Waals surface area contributed by atoms with E-state index in [0.717, 1.165) is 28.8 Å². The average Bonchev–Trinajstić information content (AvgIpc) is 2.82. The zero-order valence-corrected chi connectivity index (χ0v) is 12.0. The van der Waals surface area contributed by atoms with Gasteiger partial charge >= 0.3 is 0 Å². The number of carbonyl (C=O) groups is 1. The highest BCUT2D eigenvalue weighted by Gasteiger charge is 2.15. The fourth-order valence-corrected chi connectivity index (χ4v) is 2.51. The molecule has 0 saturated heterocycles. The van der Waals surface area contributed by atoms with E-state index in [4.69, 9.17) is 11.6 Å². The molecule has 0 amide bonds. The summed E-state index contributed by atoms with van der Waals surface area (Å²) in [5.41, 5.74) is 4.88. The molecule has 2 heterocycles. The summed E-state index contributed by atoms with van der Waals surface area (Å²) >= 11 is 6.05. The highest BCUT2D eigenvalue weighted by molar-refractivity contribution is 6.31. The first-order chi connectivity index (χ1) is 9.61. The minimum atomic E-state index is 0.569. The number of imidazole rings is 1. The lowest BCUT2D eigenvalue weighted by molar-refractivity contribution is 0.111. The van der Waals surface area contributed by atoms with Crippen LogP contribution >= 0.6 is 11.6 Å². The van der Waals surface area contributed by atoms with Crippen LogP contribution in [-0.2, 0) is 0 Å². The molecule has 0 N–H and O–H groups in total. The molecule has 0 bridgehead atoms. The molecule has 3 rings (SSSR count). The number of pyridine rings is 1. The summed E-state index contributed by atoms with van der Waals surface area (Å²) in [5.74, 6) is 0. The summed E-state index contributed by atoms with van der Waals surface area (Å²) < 4.78 is 1.87. The molecule has 2 aromatic heterocycles. The van der Waals surface area contributed by atoms with Gasteiger partial charge in [-0.25, -0.2) is 4.98 Å². The Labute approximate surface area is 121 Å². The maximum atomic E-state index is 11.5. The van der Waals surface area contributed by atoms with E-state index < -0.39 is 0 Å². The van der Waals surface area contributed by atoms with Crippen LogP contribution in [0.3, 0.4) is 0 Å². The van der Waals surface area contributed by atoms with Crippen LogP contribution in [0.1, 0.15) is 21.7 Å². The standard InChI is InChI=1S/C16H13ClN2O/c1-10-8-12(6-7-13(10)17)16-14(9-20)19-11(2)4-3-5-15(19)18-16/h3-9H,1-2H3. The monoisotopic (exact) mass is 284 g/mol. The van der Waals surface area contributed by atoms with Crippen molar-refractivity contribution in [3.63, 3.8) is 0 Å². The molecule has 3 aromatic rings. The number of hydrogen-bond acceptors (Lipinski definition) is 2. The van der Waals surface area contributed by atoms with Gasteiger partial charge in [-0.15, -0.1) is 0 Å². The van der Waals surface area contributed by atoms with E-state index >= 15 is 0 Å². The topological polar surface area (TPSA) is 34.4 Å². The van der Waals surface area contributed by atoms with Crippen LogP contribution in [-0.4, -0.2) is 15.7 Å². The Bertz CT molecular complexity index is 821. The average molecular weight is 285 g/mol. The van der Waals surface area contributed by atoms with Crippen molar-refractivity contribution >= 4 is 23.5 Å². The quantitative estimate of drug-likeness (QED) is 0.665. The fraction of sp³-hybridized carbons (Fsp3) is 0.125. The van der Waals surface area contributed by atoms with E-state index in [-0.39, 0.29) is 0 Å². The Morgan fingerprint density at radius 3 is 2.70 bits per heavy atom. The smallest absolute Gasteiger partial charge is 0.169 e. The molecule has 0 atom stereocenters. The number of halogens is 1. The highest BCUT2D eigenvalue weighted by Crippen LogP contribution is 2.27. The molecular weight excluding hydrogens is 272 g/mol. The lowest BCUT2D eigenvalue weighted by Gasteiger charge is -2.03. The van der Waals surface area contributed by atoms with Crippen molar-refractivity contribution in [2.75, 3.05) is 0 Å². The predicted octanol–water partition coefficient (Wildman–Crippen LogP) is 4.08. The zero-order valence-electron chi connectivity index (χ0n) is 11.2. The van der Waals surface area contributed by atoms with Crippen LogP contribution in [0.5, 0.6) is 0 Å². The summed E-state index contributed by atoms with van der Waals surface area (Å²) in [6.45, 7) is 3.89. The van der Waals surface area contributed by atoms with Gasteiger partial charge in [0.1, 0.15) is 17.0 Å². The first-order valence-corrected chi connectivity index (χ1v) is 6.69. The van der Waals surface area contributed by atoms with Gasteiger partial charge in [-0.1, -0.05) is 23.7 Å². The van der Waals surface area contributed by atoms with Crippen molar-refractivity contribution in [3.05, 3.63) is 58.4 Å². The molecule has 100 valence electrons. The van der Waals surface area contributed by atoms with Crippen molar-refractivity contribution in [2.24, 2.45) is 0 Å². The number of aromatic nitrogens is 2. The Morgan fingerprint density at radius 2 is 2.00 bits per heavy atom. The Balaban J connectivity index is 2.33. The SMILES string of the molecule is Cc1cc(-c2nc3cccc(C)n3c2C=O)ccc1Cl. The predicted molar refractivity (Wildman–Crippen MR) is 80.5 cm³/mol. The maximum absolute atomic E-state index is 11.5. The third-order valence-electron chi connectivity index (χ3n) is 3.42. The Morgan fingerprint density at radius 1 is 1.20 bits per heavy atom. The lowest BCUT2D eigenvalue weighted by Crippen LogP contribution is -1.96. The Hall–Kier alpha value is -2.13. The molecule has 0 unspecified atom stereocenters. The van der Waals surface area contributed by atoms with Crippen LogP contribution < -0.4 is 0 Å². The maximum Gasteiger partial charge on any atom is 0.169 e. The van der Waals surface area contributed by atoms with Gasteiger partial charge in [-0.2, -0.15) is 0 Å². The number of fused-ring (bicyclic) bond motifs is 1. The van der Waals surface area contributed by atoms with Gasteiger partial charge in [-0.05, 0) is 43.7 Å². The normalized spacial score (nSPS) is 10.9. The van der Waals surface area contributed by atoms with Gasteiger partial charge in [0.2, 0.25) is 0 Å². The van der Waals surface area contributed by atoms with Crippen LogP contribution in [0.4, 0.5) is 0 Å². The summed E-state index contributed by atoms with van der Waals surface area (Å²) in [4.78, 5) is 16.1. The minimum Gasteiger partial charge on any atom is -0.296 e. The molecule has 3 nitrogen and oxygen atoms in total. The number of benzene rings is 1. The van der Waals surface area contributed by atoms with Gasteiger partial charge in [-0.3, -0.25) is 9.20 Å². The molecule has 20 heavy (non-hydrogen) atoms. The molecule has 0 aliphatic rings. The largest absolute Gasteiger partial charge is 0.296 e. The zero-order chi connectivity index (χ0) is 14.3. The number of aryl methyl sites for hydroxylation is 2. The third kappa shape index (κ3) is 1.91. The second kappa shape index (κ2) is 4.76. The molecule has 0 saturated carbocycles. The Kier molecular flexibility index (Phi) is 3.07. The lowest BCUT2D eigenvalue weighted by atomic mass is 10.1. The van der Waals surface area contributed by atoms with Crippen molar-refractivity contribution in [3.8, 4) is 11.3 Å². The van der Waals surface area contributed by atoms with Crippen molar-refractivity contribution < 1.29 is 4.79 Å². The van der Waals surface area contributed by atoms with Gasteiger partial charge < -0.3 is 0 Å². The van der Waals surface area contributed by atoms with Crippen LogP contribution in [0.25, 0.3) is 16.9 Å². The third-order valence-corrected chi connectivity index (χ3v) is 3.84. The second-order valence-electron chi connectivity index (χ2n) is 4.79. The first kappa shape index (κ1) is 12.9. The van der Waals surface area contributed by atoms with Crippen molar-refractivity contribution in [2.45, 2.75) is 13.8 Å². The first-order valence-electron chi connectivity index (χ1n) is 6.31. The summed E-state index contributed by atoms with van der Waals surface area (Å²) in [5, 5.41) is 0.710. The van der Waals surface area contributed by atoms with E-state index in [1.165, 1.54) is 0 Å². The molecule has 0 aliphatic heterocycles. The molecule has 4 heteroatoms. The molecule has 0 fully saturated rings. The van der Waals surface area contributed by atoms with Gasteiger partial charge in [0.25, 0.3) is 0 Å². The van der Waals surface area contributed by atoms with Gasteiger partial charge in [0.05, 0.1) is 0 Å². The van der Waals surface area contributed by atoms with E-state index in [9.17, 15) is 4.79 Å². The molecule has 1 aromatic carbocycles. The number of rotatable bonds is 2. The van der Waals surface area contributed by atoms with E-state index in [1.807, 2.05) is 54.6 Å². The number of nitrogens with zero attached hydrogens (tertiary/aromatic N) is 2. The van der Waals surface area contributed by atoms with Gasteiger partial charge in [0.15, 0.2) is 6.29 Å². The number of carbonyl (C=O) groups excluding carboxylic acids is 1. The summed E-state index contributed by atoms with van der Waals surface area (Å²) in [7, 11) is 0. The fourth-order valence-electron chi connectivity index (χ4n) is 2.39. The highest BCUT2D eigenvalue weighted by atomic mass is 35.5. The number of aldehydes is 1. The van der Waals surface area contributed by atoms with Crippen LogP contribution in [0.2, 0.25) is 5.02 Å². The summed E-state index contributed by atoms with van der Waals surface area (Å²) in [6, 6.07) is 11.5. The van der Waals surface area contributed by atoms with E-state index in [0.29, 0.717) is 16.4 Å². The molecule has 0 radical (unpaired) electrons. The molecular formula is C16H13ClN2O. The van der Waals surface area contributed by atoms with Gasteiger partial charge in [0, 0.05) is 16.3 Å². The molecule has 0 spiro atoms. The molecule has 0 aliphatic carbocycles. The van der Waals surface area contributed by atoms with Crippen LogP contribution in [0.15, 0.2) is 36.4 Å².